The molecule has 2 amide bonds. The number of carbonyl (C=O) groups excluding carboxylic acids is 3. The summed E-state index contributed by atoms with van der Waals surface area (Å²) in [5.41, 5.74) is 6.00. The zero-order valence-corrected chi connectivity index (χ0v) is 34.0. The molecular formula is C43H53F4N2O5P. The molecule has 0 heterocycles. The fourth-order valence-corrected chi connectivity index (χ4v) is 6.39. The van der Waals surface area contributed by atoms with Gasteiger partial charge in [-0.25, -0.2) is 4.39 Å². The minimum Gasteiger partial charge on any atom is -0.466 e. The van der Waals surface area contributed by atoms with Gasteiger partial charge in [0.1, 0.15) is 11.6 Å². The molecule has 0 bridgehead atoms. The Morgan fingerprint density at radius 1 is 0.818 bits per heavy atom. The number of alkyl halides is 3. The van der Waals surface area contributed by atoms with E-state index in [1.807, 2.05) is 60.3 Å². The number of halogens is 4. The average Bonchev–Trinajstić information content (AvgIpc) is 3.14. The molecule has 4 aromatic rings. The van der Waals surface area contributed by atoms with Crippen molar-refractivity contribution in [3.63, 3.8) is 0 Å². The molecule has 2 N–H and O–H groups in total. The molecule has 7 nitrogen and oxygen atoms in total. The van der Waals surface area contributed by atoms with Crippen molar-refractivity contribution in [2.75, 3.05) is 25.1 Å². The van der Waals surface area contributed by atoms with Crippen LogP contribution in [-0.4, -0.2) is 44.0 Å². The Morgan fingerprint density at radius 3 is 1.93 bits per heavy atom. The maximum Gasteiger partial charge on any atom is 0.573 e. The summed E-state index contributed by atoms with van der Waals surface area (Å²) in [6.45, 7) is 15.8. The van der Waals surface area contributed by atoms with Crippen molar-refractivity contribution in [1.82, 2.24) is 5.32 Å². The van der Waals surface area contributed by atoms with Crippen LogP contribution in [0.5, 0.6) is 5.75 Å². The number of ether oxygens (including phenoxy) is 2. The number of aryl methyl sites for hydroxylation is 3. The van der Waals surface area contributed by atoms with E-state index in [4.69, 9.17) is 4.74 Å². The lowest BCUT2D eigenvalue weighted by molar-refractivity contribution is -0.274. The second-order valence-corrected chi connectivity index (χ2v) is 12.4. The van der Waals surface area contributed by atoms with Gasteiger partial charge in [0.05, 0.1) is 24.6 Å². The SMILES string of the molecule is CC.CCCC(c1ccc(C(=O)NCCC(=O)OCC)cc1)C(C(=O)Nc1ccc(-c2c(C)cc(C)cc2C)cc1F)c1ccc(OC(F)(F)F)cc1.CP. The molecule has 0 saturated heterocycles. The predicted molar refractivity (Wildman–Crippen MR) is 215 cm³/mol. The van der Waals surface area contributed by atoms with Gasteiger partial charge in [0.2, 0.25) is 5.91 Å². The van der Waals surface area contributed by atoms with Gasteiger partial charge in [0.25, 0.3) is 5.91 Å². The molecule has 4 rings (SSSR count). The van der Waals surface area contributed by atoms with E-state index in [0.29, 0.717) is 35.1 Å². The molecule has 0 aromatic heterocycles. The number of hydrogen-bond acceptors (Lipinski definition) is 5. The second-order valence-electron chi connectivity index (χ2n) is 12.4. The number of anilines is 1. The summed E-state index contributed by atoms with van der Waals surface area (Å²) in [5, 5.41) is 5.41. The van der Waals surface area contributed by atoms with Crippen molar-refractivity contribution in [3.8, 4) is 16.9 Å². The first-order valence-corrected chi connectivity index (χ1v) is 19.5. The van der Waals surface area contributed by atoms with Crippen molar-refractivity contribution in [3.05, 3.63) is 118 Å². The Hall–Kier alpha value is -4.76. The molecule has 3 unspecified atom stereocenters. The topological polar surface area (TPSA) is 93.7 Å². The van der Waals surface area contributed by atoms with Crippen LogP contribution in [0.2, 0.25) is 0 Å². The maximum absolute atomic E-state index is 15.7. The van der Waals surface area contributed by atoms with Gasteiger partial charge in [-0.2, -0.15) is 0 Å². The van der Waals surface area contributed by atoms with Gasteiger partial charge in [-0.3, -0.25) is 14.4 Å². The molecule has 0 radical (unpaired) electrons. The van der Waals surface area contributed by atoms with Crippen LogP contribution in [0.15, 0.2) is 78.9 Å². The molecule has 298 valence electrons. The van der Waals surface area contributed by atoms with E-state index in [1.165, 1.54) is 24.3 Å². The fourth-order valence-electron chi connectivity index (χ4n) is 6.39. The van der Waals surface area contributed by atoms with Crippen LogP contribution in [-0.2, 0) is 14.3 Å². The lowest BCUT2D eigenvalue weighted by atomic mass is 9.78. The second kappa shape index (κ2) is 22.6. The average molecular weight is 785 g/mol. The normalized spacial score (nSPS) is 11.8. The molecule has 4 aromatic carbocycles. The monoisotopic (exact) mass is 784 g/mol. The first-order valence-electron chi connectivity index (χ1n) is 18.4. The molecule has 0 saturated carbocycles. The van der Waals surface area contributed by atoms with Crippen LogP contribution in [0.1, 0.15) is 97.0 Å². The standard InChI is InChI=1S/C40H42F4N2O5.C2H6.CH5P/c1-6-8-32(27-9-11-29(12-10-27)38(48)45-20-19-35(47)50-7-2)37(28-13-16-31(17-14-28)51-40(42,43)44)39(49)46-34-18-15-30(23-33(34)41)36-25(4)21-24(3)22-26(36)5;2*1-2/h9-18,21-23,32,37H,6-8,19-20H2,1-5H3,(H,45,48)(H,46,49);1-2H3;2H2,1H3. The molecule has 0 aliphatic heterocycles. The Bertz CT molecular complexity index is 1820. The van der Waals surface area contributed by atoms with Gasteiger partial charge in [-0.15, -0.1) is 22.4 Å². The van der Waals surface area contributed by atoms with Crippen LogP contribution in [0, 0.1) is 26.6 Å². The number of esters is 1. The third-order valence-corrected chi connectivity index (χ3v) is 8.47. The number of hydrogen-bond donors (Lipinski definition) is 2. The van der Waals surface area contributed by atoms with E-state index < -0.39 is 47.5 Å². The summed E-state index contributed by atoms with van der Waals surface area (Å²) in [5.74, 6) is -3.95. The predicted octanol–water partition coefficient (Wildman–Crippen LogP) is 10.8. The number of carbonyl (C=O) groups is 3. The summed E-state index contributed by atoms with van der Waals surface area (Å²) < 4.78 is 63.3. The summed E-state index contributed by atoms with van der Waals surface area (Å²) >= 11 is 0. The Kier molecular flexibility index (Phi) is 19.0. The highest BCUT2D eigenvalue weighted by atomic mass is 31.0. The van der Waals surface area contributed by atoms with E-state index in [1.54, 1.807) is 37.3 Å². The van der Waals surface area contributed by atoms with Crippen LogP contribution in [0.4, 0.5) is 23.2 Å². The van der Waals surface area contributed by atoms with Crippen LogP contribution >= 0.6 is 9.24 Å². The summed E-state index contributed by atoms with van der Waals surface area (Å²) in [7, 11) is 2.42. The lowest BCUT2D eigenvalue weighted by Gasteiger charge is -2.28. The zero-order valence-electron chi connectivity index (χ0n) is 32.8. The minimum atomic E-state index is -4.89. The lowest BCUT2D eigenvalue weighted by Crippen LogP contribution is -2.28. The van der Waals surface area contributed by atoms with Crippen molar-refractivity contribution < 1.29 is 41.4 Å². The summed E-state index contributed by atoms with van der Waals surface area (Å²) in [6.07, 6.45) is -3.75. The number of benzene rings is 4. The zero-order chi connectivity index (χ0) is 41.3. The largest absolute Gasteiger partial charge is 0.573 e. The Balaban J connectivity index is 0.00000253. The van der Waals surface area contributed by atoms with Gasteiger partial charge in [-0.1, -0.05) is 81.9 Å². The van der Waals surface area contributed by atoms with Gasteiger partial charge >= 0.3 is 12.3 Å². The molecule has 0 fully saturated rings. The minimum absolute atomic E-state index is 0.0222. The van der Waals surface area contributed by atoms with Crippen molar-refractivity contribution in [2.45, 2.75) is 85.9 Å². The van der Waals surface area contributed by atoms with Crippen LogP contribution < -0.4 is 15.4 Å². The molecule has 12 heteroatoms. The first-order chi connectivity index (χ1) is 26.2. The van der Waals surface area contributed by atoms with Gasteiger partial charge in [0.15, 0.2) is 0 Å². The Morgan fingerprint density at radius 2 is 1.40 bits per heavy atom. The molecule has 0 aliphatic carbocycles. The molecule has 3 atom stereocenters. The molecular weight excluding hydrogens is 731 g/mol. The van der Waals surface area contributed by atoms with E-state index in [2.05, 4.69) is 24.6 Å². The number of amides is 2. The molecule has 0 spiro atoms. The van der Waals surface area contributed by atoms with E-state index >= 15 is 4.39 Å². The quantitative estimate of drug-likeness (QED) is 0.0754. The number of nitrogens with one attached hydrogen (secondary N) is 2. The van der Waals surface area contributed by atoms with E-state index in [0.717, 1.165) is 34.4 Å². The first kappa shape index (κ1) is 46.4. The molecule has 0 aliphatic rings. The maximum atomic E-state index is 15.7. The fraction of sp³-hybridized carbons (Fsp3) is 0.372. The highest BCUT2D eigenvalue weighted by molar-refractivity contribution is 7.15. The van der Waals surface area contributed by atoms with Crippen LogP contribution in [0.3, 0.4) is 0 Å². The summed E-state index contributed by atoms with van der Waals surface area (Å²) in [6, 6.07) is 20.3. The smallest absolute Gasteiger partial charge is 0.466 e. The van der Waals surface area contributed by atoms with Crippen molar-refractivity contribution in [1.29, 1.82) is 0 Å². The van der Waals surface area contributed by atoms with Gasteiger partial charge in [-0.05, 0) is 110 Å². The van der Waals surface area contributed by atoms with Crippen molar-refractivity contribution in [2.24, 2.45) is 0 Å². The number of rotatable bonds is 14. The van der Waals surface area contributed by atoms with E-state index in [-0.39, 0.29) is 25.3 Å². The highest BCUT2D eigenvalue weighted by Gasteiger charge is 2.33. The highest BCUT2D eigenvalue weighted by Crippen LogP contribution is 2.39. The van der Waals surface area contributed by atoms with E-state index in [9.17, 15) is 27.6 Å². The van der Waals surface area contributed by atoms with Crippen molar-refractivity contribution >= 4 is 32.7 Å². The van der Waals surface area contributed by atoms with Gasteiger partial charge < -0.3 is 20.1 Å². The molecule has 55 heavy (non-hydrogen) atoms. The summed E-state index contributed by atoms with van der Waals surface area (Å²) in [4.78, 5) is 38.5. The third kappa shape index (κ3) is 13.8. The van der Waals surface area contributed by atoms with Crippen LogP contribution in [0.25, 0.3) is 11.1 Å². The van der Waals surface area contributed by atoms with Gasteiger partial charge in [0, 0.05) is 12.1 Å². The third-order valence-electron chi connectivity index (χ3n) is 8.47. The Labute approximate surface area is 324 Å².